The molecule has 0 spiro atoms. The molecule has 0 aliphatic rings. The normalized spacial score (nSPS) is 10.2. The second-order valence-electron chi connectivity index (χ2n) is 3.01. The number of carbonyl (C=O) groups excluding carboxylic acids is 1. The lowest BCUT2D eigenvalue weighted by Crippen LogP contribution is -2.05. The Labute approximate surface area is 91.5 Å². The number of ketones is 1. The van der Waals surface area contributed by atoms with Crippen molar-refractivity contribution in [1.82, 2.24) is 0 Å². The molecule has 0 bridgehead atoms. The van der Waals surface area contributed by atoms with Crippen LogP contribution in [0.25, 0.3) is 0 Å². The summed E-state index contributed by atoms with van der Waals surface area (Å²) in [6.45, 7) is 0. The van der Waals surface area contributed by atoms with E-state index in [4.69, 9.17) is 21.8 Å². The second kappa shape index (κ2) is 3.79. The molecule has 3 nitrogen and oxygen atoms in total. The van der Waals surface area contributed by atoms with E-state index in [2.05, 4.69) is 0 Å². The van der Waals surface area contributed by atoms with E-state index in [0.29, 0.717) is 10.7 Å². The van der Waals surface area contributed by atoms with E-state index >= 15 is 0 Å². The largest absolute Gasteiger partial charge is 0.461 e. The summed E-state index contributed by atoms with van der Waals surface area (Å²) in [4.78, 5) is 11.9. The standard InChI is InChI=1S/C11H8ClNO2/c12-7-3-1-4-8(13)10(7)11(14)9-5-2-6-15-9/h1-6H,13H2. The van der Waals surface area contributed by atoms with Crippen LogP contribution in [0.1, 0.15) is 16.1 Å². The van der Waals surface area contributed by atoms with Gasteiger partial charge in [0.25, 0.3) is 0 Å². The van der Waals surface area contributed by atoms with Crippen LogP contribution in [0.3, 0.4) is 0 Å². The summed E-state index contributed by atoms with van der Waals surface area (Å²) < 4.78 is 5.00. The van der Waals surface area contributed by atoms with E-state index in [-0.39, 0.29) is 17.1 Å². The molecular formula is C11H8ClNO2. The molecule has 2 aromatic rings. The van der Waals surface area contributed by atoms with Crippen LogP contribution >= 0.6 is 11.6 Å². The molecule has 0 atom stereocenters. The van der Waals surface area contributed by atoms with Crippen LogP contribution in [-0.4, -0.2) is 5.78 Å². The highest BCUT2D eigenvalue weighted by atomic mass is 35.5. The summed E-state index contributed by atoms with van der Waals surface area (Å²) >= 11 is 5.90. The summed E-state index contributed by atoms with van der Waals surface area (Å²) in [5.74, 6) is -0.0714. The lowest BCUT2D eigenvalue weighted by Gasteiger charge is -2.04. The van der Waals surface area contributed by atoms with Gasteiger partial charge in [0.1, 0.15) is 0 Å². The van der Waals surface area contributed by atoms with E-state index < -0.39 is 0 Å². The number of hydrogen-bond acceptors (Lipinski definition) is 3. The predicted octanol–water partition coefficient (Wildman–Crippen LogP) is 2.75. The van der Waals surface area contributed by atoms with Crippen LogP contribution in [0.5, 0.6) is 0 Å². The number of halogens is 1. The van der Waals surface area contributed by atoms with Crippen molar-refractivity contribution in [2.45, 2.75) is 0 Å². The molecular weight excluding hydrogens is 214 g/mol. The van der Waals surface area contributed by atoms with Crippen LogP contribution in [0.2, 0.25) is 5.02 Å². The minimum Gasteiger partial charge on any atom is -0.461 e. The van der Waals surface area contributed by atoms with Gasteiger partial charge in [-0.15, -0.1) is 0 Å². The SMILES string of the molecule is Nc1cccc(Cl)c1C(=O)c1ccco1. The first kappa shape index (κ1) is 9.80. The molecule has 0 saturated carbocycles. The Morgan fingerprint density at radius 2 is 2.07 bits per heavy atom. The Bertz CT molecular complexity index is 471. The summed E-state index contributed by atoms with van der Waals surface area (Å²) in [5, 5.41) is 0.330. The molecule has 2 N–H and O–H groups in total. The Morgan fingerprint density at radius 3 is 2.67 bits per heavy atom. The van der Waals surface area contributed by atoms with Gasteiger partial charge in [-0.2, -0.15) is 0 Å². The lowest BCUT2D eigenvalue weighted by atomic mass is 10.1. The predicted molar refractivity (Wildman–Crippen MR) is 58.0 cm³/mol. The number of furan rings is 1. The Morgan fingerprint density at radius 1 is 1.27 bits per heavy atom. The zero-order valence-electron chi connectivity index (χ0n) is 7.74. The van der Waals surface area contributed by atoms with E-state index in [9.17, 15) is 4.79 Å². The van der Waals surface area contributed by atoms with Crippen molar-refractivity contribution in [3.63, 3.8) is 0 Å². The van der Waals surface area contributed by atoms with Crippen LogP contribution in [0.15, 0.2) is 41.0 Å². The van der Waals surface area contributed by atoms with Crippen LogP contribution < -0.4 is 5.73 Å². The Balaban J connectivity index is 2.51. The molecule has 15 heavy (non-hydrogen) atoms. The lowest BCUT2D eigenvalue weighted by molar-refractivity contribution is 0.101. The summed E-state index contributed by atoms with van der Waals surface area (Å²) in [6, 6.07) is 8.15. The van der Waals surface area contributed by atoms with Crippen molar-refractivity contribution in [3.8, 4) is 0 Å². The third-order valence-corrected chi connectivity index (χ3v) is 2.33. The van der Waals surface area contributed by atoms with Gasteiger partial charge >= 0.3 is 0 Å². The molecule has 2 rings (SSSR count). The maximum atomic E-state index is 11.9. The van der Waals surface area contributed by atoms with Gasteiger partial charge in [-0.1, -0.05) is 17.7 Å². The smallest absolute Gasteiger partial charge is 0.231 e. The molecule has 0 aliphatic heterocycles. The van der Waals surface area contributed by atoms with Crippen molar-refractivity contribution in [3.05, 3.63) is 52.9 Å². The third-order valence-electron chi connectivity index (χ3n) is 2.02. The van der Waals surface area contributed by atoms with Gasteiger partial charge < -0.3 is 10.2 Å². The summed E-state index contributed by atoms with van der Waals surface area (Å²) in [5.41, 5.74) is 6.32. The maximum absolute atomic E-state index is 11.9. The molecule has 0 fully saturated rings. The third kappa shape index (κ3) is 1.74. The van der Waals surface area contributed by atoms with Crippen LogP contribution in [0, 0.1) is 0 Å². The quantitative estimate of drug-likeness (QED) is 0.627. The Kier molecular flexibility index (Phi) is 2.47. The van der Waals surface area contributed by atoms with Gasteiger partial charge in [-0.25, -0.2) is 0 Å². The highest BCUT2D eigenvalue weighted by Gasteiger charge is 2.17. The summed E-state index contributed by atoms with van der Waals surface area (Å²) in [6.07, 6.45) is 1.43. The fraction of sp³-hybridized carbons (Fsp3) is 0. The van der Waals surface area contributed by atoms with Gasteiger partial charge in [-0.05, 0) is 24.3 Å². The van der Waals surface area contributed by atoms with E-state index in [1.807, 2.05) is 0 Å². The van der Waals surface area contributed by atoms with Crippen molar-refractivity contribution in [2.75, 3.05) is 5.73 Å². The van der Waals surface area contributed by atoms with Crippen molar-refractivity contribution >= 4 is 23.1 Å². The van der Waals surface area contributed by atoms with Gasteiger partial charge in [-0.3, -0.25) is 4.79 Å². The number of nitrogens with two attached hydrogens (primary N) is 1. The number of carbonyl (C=O) groups is 1. The maximum Gasteiger partial charge on any atom is 0.231 e. The van der Waals surface area contributed by atoms with E-state index in [0.717, 1.165) is 0 Å². The van der Waals surface area contributed by atoms with E-state index in [1.165, 1.54) is 6.26 Å². The topological polar surface area (TPSA) is 56.2 Å². The number of hydrogen-bond donors (Lipinski definition) is 1. The number of rotatable bonds is 2. The fourth-order valence-corrected chi connectivity index (χ4v) is 1.58. The van der Waals surface area contributed by atoms with Crippen LogP contribution in [-0.2, 0) is 0 Å². The van der Waals surface area contributed by atoms with Gasteiger partial charge in [0.15, 0.2) is 5.76 Å². The number of anilines is 1. The Hall–Kier alpha value is -1.74. The van der Waals surface area contributed by atoms with Gasteiger partial charge in [0.2, 0.25) is 5.78 Å². The molecule has 76 valence electrons. The average Bonchev–Trinajstić information content (AvgIpc) is 2.69. The molecule has 1 heterocycles. The first-order valence-electron chi connectivity index (χ1n) is 4.32. The number of benzene rings is 1. The zero-order chi connectivity index (χ0) is 10.8. The molecule has 4 heteroatoms. The minimum absolute atomic E-state index is 0.231. The van der Waals surface area contributed by atoms with Gasteiger partial charge in [0.05, 0.1) is 16.8 Å². The van der Waals surface area contributed by atoms with Crippen molar-refractivity contribution in [1.29, 1.82) is 0 Å². The first-order chi connectivity index (χ1) is 7.20. The fourth-order valence-electron chi connectivity index (χ4n) is 1.31. The summed E-state index contributed by atoms with van der Waals surface area (Å²) in [7, 11) is 0. The second-order valence-corrected chi connectivity index (χ2v) is 3.42. The highest BCUT2D eigenvalue weighted by Crippen LogP contribution is 2.24. The molecule has 0 amide bonds. The molecule has 1 aromatic carbocycles. The zero-order valence-corrected chi connectivity index (χ0v) is 8.49. The van der Waals surface area contributed by atoms with Crippen molar-refractivity contribution < 1.29 is 9.21 Å². The van der Waals surface area contributed by atoms with E-state index in [1.54, 1.807) is 30.3 Å². The molecule has 0 aliphatic carbocycles. The van der Waals surface area contributed by atoms with Crippen molar-refractivity contribution in [2.24, 2.45) is 0 Å². The molecule has 0 unspecified atom stereocenters. The van der Waals surface area contributed by atoms with Crippen LogP contribution in [0.4, 0.5) is 5.69 Å². The first-order valence-corrected chi connectivity index (χ1v) is 4.70. The number of nitrogen functional groups attached to an aromatic ring is 1. The highest BCUT2D eigenvalue weighted by molar-refractivity contribution is 6.35. The monoisotopic (exact) mass is 221 g/mol. The minimum atomic E-state index is -0.303. The molecule has 0 saturated heterocycles. The molecule has 1 aromatic heterocycles. The van der Waals surface area contributed by atoms with Gasteiger partial charge in [0, 0.05) is 5.69 Å². The average molecular weight is 222 g/mol. The molecule has 0 radical (unpaired) electrons.